The van der Waals surface area contributed by atoms with Crippen LogP contribution in [-0.4, -0.2) is 23.5 Å². The lowest BCUT2D eigenvalue weighted by Crippen LogP contribution is -2.26. The van der Waals surface area contributed by atoms with E-state index >= 15 is 0 Å². The van der Waals surface area contributed by atoms with Crippen molar-refractivity contribution in [2.75, 3.05) is 6.61 Å². The topological polar surface area (TPSA) is 117 Å². The van der Waals surface area contributed by atoms with E-state index in [4.69, 9.17) is 20.6 Å². The van der Waals surface area contributed by atoms with Gasteiger partial charge in [-0.15, -0.1) is 0 Å². The molecule has 1 atom stereocenters. The lowest BCUT2D eigenvalue weighted by atomic mass is 10.3. The summed E-state index contributed by atoms with van der Waals surface area (Å²) in [5.41, 5.74) is 11.8. The van der Waals surface area contributed by atoms with Crippen LogP contribution in [0.5, 0.6) is 0 Å². The standard InChI is InChI=1S/C12H14N4O3/c1-2-18-11(17)9(16-12(13)14)10-15-7-5-3-4-6-8(7)19-10/h3-6,9H,2H2,1H3,(H4,13,14,16). The number of nitrogens with two attached hydrogens (primary N) is 2. The van der Waals surface area contributed by atoms with E-state index in [-0.39, 0.29) is 18.5 Å². The maximum atomic E-state index is 11.8. The summed E-state index contributed by atoms with van der Waals surface area (Å²) in [7, 11) is 0. The number of aliphatic imine (C=N–C) groups is 1. The van der Waals surface area contributed by atoms with Crippen molar-refractivity contribution < 1.29 is 13.9 Å². The number of carbonyl (C=O) groups excluding carboxylic acids is 1. The van der Waals surface area contributed by atoms with Crippen LogP contribution >= 0.6 is 0 Å². The summed E-state index contributed by atoms with van der Waals surface area (Å²) in [5.74, 6) is -0.740. The van der Waals surface area contributed by atoms with Gasteiger partial charge in [-0.2, -0.15) is 0 Å². The molecule has 7 nitrogen and oxygen atoms in total. The maximum Gasteiger partial charge on any atom is 0.340 e. The highest BCUT2D eigenvalue weighted by atomic mass is 16.5. The number of fused-ring (bicyclic) bond motifs is 1. The van der Waals surface area contributed by atoms with Crippen LogP contribution in [0.15, 0.2) is 33.7 Å². The van der Waals surface area contributed by atoms with Crippen molar-refractivity contribution in [3.05, 3.63) is 30.2 Å². The highest BCUT2D eigenvalue weighted by Gasteiger charge is 2.27. The zero-order chi connectivity index (χ0) is 13.8. The number of ether oxygens (including phenoxy) is 1. The van der Waals surface area contributed by atoms with Crippen LogP contribution in [0, 0.1) is 0 Å². The summed E-state index contributed by atoms with van der Waals surface area (Å²) < 4.78 is 10.4. The Balaban J connectivity index is 2.42. The van der Waals surface area contributed by atoms with E-state index in [9.17, 15) is 4.79 Å². The molecule has 100 valence electrons. The molecule has 0 radical (unpaired) electrons. The molecule has 1 aromatic heterocycles. The largest absolute Gasteiger partial charge is 0.464 e. The molecule has 1 heterocycles. The van der Waals surface area contributed by atoms with Gasteiger partial charge in [-0.25, -0.2) is 14.8 Å². The van der Waals surface area contributed by atoms with Gasteiger partial charge in [0.05, 0.1) is 6.61 Å². The normalized spacial score (nSPS) is 12.1. The zero-order valence-electron chi connectivity index (χ0n) is 10.4. The Bertz CT molecular complexity index is 583. The Kier molecular flexibility index (Phi) is 3.65. The molecule has 0 bridgehead atoms. The summed E-state index contributed by atoms with van der Waals surface area (Å²) in [6.07, 6.45) is 0. The molecule has 2 aromatic rings. The van der Waals surface area contributed by atoms with E-state index in [1.165, 1.54) is 0 Å². The third-order valence-electron chi connectivity index (χ3n) is 2.33. The number of carbonyl (C=O) groups is 1. The number of hydrogen-bond acceptors (Lipinski definition) is 5. The molecule has 2 rings (SSSR count). The molecule has 1 aromatic carbocycles. The van der Waals surface area contributed by atoms with Gasteiger partial charge in [0.1, 0.15) is 5.52 Å². The highest BCUT2D eigenvalue weighted by molar-refractivity contribution is 5.83. The van der Waals surface area contributed by atoms with Crippen LogP contribution in [0.25, 0.3) is 11.1 Å². The third-order valence-corrected chi connectivity index (χ3v) is 2.33. The summed E-state index contributed by atoms with van der Waals surface area (Å²) in [5, 5.41) is 0. The lowest BCUT2D eigenvalue weighted by molar-refractivity contribution is -0.145. The van der Waals surface area contributed by atoms with Crippen molar-refractivity contribution in [3.63, 3.8) is 0 Å². The minimum absolute atomic E-state index is 0.105. The second-order valence-electron chi connectivity index (χ2n) is 3.73. The first-order valence-electron chi connectivity index (χ1n) is 5.72. The second kappa shape index (κ2) is 5.38. The van der Waals surface area contributed by atoms with Crippen LogP contribution < -0.4 is 11.5 Å². The molecule has 0 amide bonds. The molecule has 0 spiro atoms. The lowest BCUT2D eigenvalue weighted by Gasteiger charge is -2.07. The molecular weight excluding hydrogens is 248 g/mol. The molecule has 0 aliphatic carbocycles. The molecule has 7 heteroatoms. The van der Waals surface area contributed by atoms with Gasteiger partial charge in [-0.05, 0) is 19.1 Å². The summed E-state index contributed by atoms with van der Waals surface area (Å²) in [6.45, 7) is 1.91. The summed E-state index contributed by atoms with van der Waals surface area (Å²) in [4.78, 5) is 19.8. The number of para-hydroxylation sites is 2. The van der Waals surface area contributed by atoms with Crippen molar-refractivity contribution in [3.8, 4) is 0 Å². The molecule has 0 aliphatic heterocycles. The molecule has 0 aliphatic rings. The van der Waals surface area contributed by atoms with Crippen molar-refractivity contribution in [1.82, 2.24) is 4.98 Å². The van der Waals surface area contributed by atoms with Crippen LogP contribution in [0.1, 0.15) is 18.9 Å². The summed E-state index contributed by atoms with van der Waals surface area (Å²) >= 11 is 0. The zero-order valence-corrected chi connectivity index (χ0v) is 10.4. The van der Waals surface area contributed by atoms with E-state index < -0.39 is 12.0 Å². The third kappa shape index (κ3) is 2.82. The fourth-order valence-corrected chi connectivity index (χ4v) is 1.59. The second-order valence-corrected chi connectivity index (χ2v) is 3.73. The molecule has 0 saturated carbocycles. The smallest absolute Gasteiger partial charge is 0.340 e. The minimum atomic E-state index is -1.09. The van der Waals surface area contributed by atoms with E-state index in [1.54, 1.807) is 25.1 Å². The van der Waals surface area contributed by atoms with E-state index in [0.717, 1.165) is 0 Å². The van der Waals surface area contributed by atoms with Crippen LogP contribution in [0.3, 0.4) is 0 Å². The summed E-state index contributed by atoms with van der Waals surface area (Å²) in [6, 6.07) is 6.03. The maximum absolute atomic E-state index is 11.8. The Morgan fingerprint density at radius 2 is 2.21 bits per heavy atom. The number of rotatable bonds is 4. The average molecular weight is 262 g/mol. The molecule has 0 saturated heterocycles. The van der Waals surface area contributed by atoms with Crippen LogP contribution in [-0.2, 0) is 9.53 Å². The highest BCUT2D eigenvalue weighted by Crippen LogP contribution is 2.23. The van der Waals surface area contributed by atoms with Crippen LogP contribution in [0.2, 0.25) is 0 Å². The first-order valence-corrected chi connectivity index (χ1v) is 5.72. The van der Waals surface area contributed by atoms with E-state index in [1.807, 2.05) is 6.07 Å². The van der Waals surface area contributed by atoms with E-state index in [0.29, 0.717) is 11.1 Å². The Hall–Kier alpha value is -2.57. The van der Waals surface area contributed by atoms with Crippen molar-refractivity contribution in [1.29, 1.82) is 0 Å². The monoisotopic (exact) mass is 262 g/mol. The average Bonchev–Trinajstić information content (AvgIpc) is 2.79. The number of aromatic nitrogens is 1. The van der Waals surface area contributed by atoms with Crippen molar-refractivity contribution in [2.24, 2.45) is 16.5 Å². The first kappa shape index (κ1) is 12.9. The minimum Gasteiger partial charge on any atom is -0.464 e. The van der Waals surface area contributed by atoms with Gasteiger partial charge in [0.2, 0.25) is 11.9 Å². The van der Waals surface area contributed by atoms with Crippen molar-refractivity contribution >= 4 is 23.0 Å². The Labute approximate surface area is 109 Å². The van der Waals surface area contributed by atoms with Gasteiger partial charge in [0.15, 0.2) is 11.5 Å². The van der Waals surface area contributed by atoms with E-state index in [2.05, 4.69) is 9.98 Å². The molecule has 1 unspecified atom stereocenters. The number of esters is 1. The molecule has 0 fully saturated rings. The van der Waals surface area contributed by atoms with Gasteiger partial charge in [-0.1, -0.05) is 12.1 Å². The predicted molar refractivity (Wildman–Crippen MR) is 69.2 cm³/mol. The van der Waals surface area contributed by atoms with Gasteiger partial charge in [0, 0.05) is 0 Å². The number of nitrogens with zero attached hydrogens (tertiary/aromatic N) is 2. The molecule has 19 heavy (non-hydrogen) atoms. The predicted octanol–water partition coefficient (Wildman–Crippen LogP) is 0.705. The van der Waals surface area contributed by atoms with Crippen molar-refractivity contribution in [2.45, 2.75) is 13.0 Å². The fraction of sp³-hybridized carbons (Fsp3) is 0.250. The fourth-order valence-electron chi connectivity index (χ4n) is 1.59. The number of benzene rings is 1. The molecular formula is C12H14N4O3. The van der Waals surface area contributed by atoms with Gasteiger partial charge >= 0.3 is 5.97 Å². The molecule has 4 N–H and O–H groups in total. The van der Waals surface area contributed by atoms with Crippen LogP contribution in [0.4, 0.5) is 0 Å². The Morgan fingerprint density at radius 1 is 1.47 bits per heavy atom. The number of oxazole rings is 1. The van der Waals surface area contributed by atoms with Gasteiger partial charge in [0.25, 0.3) is 0 Å². The van der Waals surface area contributed by atoms with Gasteiger partial charge in [-0.3, -0.25) is 0 Å². The number of hydrogen-bond donors (Lipinski definition) is 2. The Morgan fingerprint density at radius 3 is 2.84 bits per heavy atom. The van der Waals surface area contributed by atoms with Gasteiger partial charge < -0.3 is 20.6 Å². The number of guanidine groups is 1. The quantitative estimate of drug-likeness (QED) is 0.476. The SMILES string of the molecule is CCOC(=O)C(N=C(N)N)c1nc2ccccc2o1. The first-order chi connectivity index (χ1) is 9.11.